The molecular weight excluding hydrogens is 320 g/mol. The topological polar surface area (TPSA) is 89.4 Å². The Morgan fingerprint density at radius 2 is 2.08 bits per heavy atom. The summed E-state index contributed by atoms with van der Waals surface area (Å²) < 4.78 is 7.25. The highest BCUT2D eigenvalue weighted by molar-refractivity contribution is 5.79. The van der Waals surface area contributed by atoms with Gasteiger partial charge in [-0.2, -0.15) is 4.98 Å². The van der Waals surface area contributed by atoms with Gasteiger partial charge in [0.05, 0.1) is 12.0 Å². The van der Waals surface area contributed by atoms with E-state index in [1.54, 1.807) is 0 Å². The van der Waals surface area contributed by atoms with Crippen LogP contribution < -0.4 is 0 Å². The maximum absolute atomic E-state index is 12.4. The van der Waals surface area contributed by atoms with Crippen molar-refractivity contribution in [2.75, 3.05) is 13.1 Å². The summed E-state index contributed by atoms with van der Waals surface area (Å²) in [7, 11) is 0. The molecule has 0 unspecified atom stereocenters. The summed E-state index contributed by atoms with van der Waals surface area (Å²) in [5.74, 6) is 2.39. The van der Waals surface area contributed by atoms with Gasteiger partial charge in [0.1, 0.15) is 5.82 Å². The number of carbonyl (C=O) groups excluding carboxylic acids is 1. The van der Waals surface area contributed by atoms with E-state index >= 15 is 0 Å². The Morgan fingerprint density at radius 1 is 1.24 bits per heavy atom. The van der Waals surface area contributed by atoms with Crippen LogP contribution in [0.25, 0.3) is 17.1 Å². The van der Waals surface area contributed by atoms with Crippen molar-refractivity contribution in [2.24, 2.45) is 0 Å². The number of pyridine rings is 1. The predicted molar refractivity (Wildman–Crippen MR) is 87.8 cm³/mol. The molecule has 3 aromatic rings. The van der Waals surface area contributed by atoms with Gasteiger partial charge < -0.3 is 9.42 Å². The van der Waals surface area contributed by atoms with Crippen LogP contribution in [0, 0.1) is 0 Å². The summed E-state index contributed by atoms with van der Waals surface area (Å²) in [4.78, 5) is 18.8. The summed E-state index contributed by atoms with van der Waals surface area (Å²) in [5.41, 5.74) is 1.38. The number of nitrogens with zero attached hydrogens (tertiary/aromatic N) is 6. The van der Waals surface area contributed by atoms with Gasteiger partial charge in [-0.1, -0.05) is 5.16 Å². The zero-order valence-corrected chi connectivity index (χ0v) is 13.8. The normalized spacial score (nSPS) is 17.5. The maximum atomic E-state index is 12.4. The Morgan fingerprint density at radius 3 is 2.88 bits per heavy atom. The zero-order chi connectivity index (χ0) is 16.8. The first-order valence-electron chi connectivity index (χ1n) is 8.74. The number of likely N-dealkylation sites (tertiary alicyclic amines) is 1. The number of aromatic nitrogens is 5. The van der Waals surface area contributed by atoms with Crippen molar-refractivity contribution >= 4 is 11.6 Å². The molecule has 1 amide bonds. The fourth-order valence-electron chi connectivity index (χ4n) is 3.32. The molecule has 8 heteroatoms. The first-order valence-corrected chi connectivity index (χ1v) is 8.74. The SMILES string of the molecule is O=C(Cc1nnc2c(-c3nc(C4CC4)no3)cccn12)N1CCCC1. The molecule has 0 radical (unpaired) electrons. The first-order chi connectivity index (χ1) is 12.3. The van der Waals surface area contributed by atoms with E-state index in [4.69, 9.17) is 4.52 Å². The largest absolute Gasteiger partial charge is 0.342 e. The Balaban J connectivity index is 1.47. The molecule has 8 nitrogen and oxygen atoms in total. The second kappa shape index (κ2) is 5.65. The molecule has 2 fully saturated rings. The molecule has 3 aromatic heterocycles. The summed E-state index contributed by atoms with van der Waals surface area (Å²) >= 11 is 0. The van der Waals surface area contributed by atoms with Gasteiger partial charge in [-0.25, -0.2) is 0 Å². The van der Waals surface area contributed by atoms with Crippen LogP contribution in [0.3, 0.4) is 0 Å². The van der Waals surface area contributed by atoms with Gasteiger partial charge >= 0.3 is 0 Å². The molecule has 1 aliphatic heterocycles. The molecule has 1 saturated heterocycles. The van der Waals surface area contributed by atoms with Crippen LogP contribution in [0.15, 0.2) is 22.9 Å². The summed E-state index contributed by atoms with van der Waals surface area (Å²) in [5, 5.41) is 12.5. The lowest BCUT2D eigenvalue weighted by Gasteiger charge is -2.14. The van der Waals surface area contributed by atoms with Crippen molar-refractivity contribution in [1.29, 1.82) is 0 Å². The number of amides is 1. The average molecular weight is 338 g/mol. The van der Waals surface area contributed by atoms with Gasteiger partial charge in [0.25, 0.3) is 5.89 Å². The molecule has 0 spiro atoms. The van der Waals surface area contributed by atoms with E-state index in [-0.39, 0.29) is 12.3 Å². The van der Waals surface area contributed by atoms with E-state index in [1.807, 2.05) is 27.6 Å². The van der Waals surface area contributed by atoms with Crippen LogP contribution in [0.5, 0.6) is 0 Å². The van der Waals surface area contributed by atoms with E-state index in [9.17, 15) is 4.79 Å². The molecule has 2 aliphatic rings. The van der Waals surface area contributed by atoms with Crippen LogP contribution in [-0.2, 0) is 11.2 Å². The molecule has 0 atom stereocenters. The van der Waals surface area contributed by atoms with Gasteiger partial charge in [0.15, 0.2) is 11.5 Å². The number of rotatable bonds is 4. The van der Waals surface area contributed by atoms with Crippen molar-refractivity contribution < 1.29 is 9.32 Å². The van der Waals surface area contributed by atoms with E-state index in [1.165, 1.54) is 0 Å². The highest BCUT2D eigenvalue weighted by atomic mass is 16.5. The monoisotopic (exact) mass is 338 g/mol. The lowest BCUT2D eigenvalue weighted by atomic mass is 10.2. The Kier molecular flexibility index (Phi) is 3.29. The molecule has 1 saturated carbocycles. The summed E-state index contributed by atoms with van der Waals surface area (Å²) in [6.45, 7) is 1.68. The summed E-state index contributed by atoms with van der Waals surface area (Å²) in [6, 6.07) is 3.77. The minimum Gasteiger partial charge on any atom is -0.342 e. The Hall–Kier alpha value is -2.77. The van der Waals surface area contributed by atoms with Crippen LogP contribution >= 0.6 is 0 Å². The predicted octanol–water partition coefficient (Wildman–Crippen LogP) is 1.82. The number of hydrogen-bond acceptors (Lipinski definition) is 6. The second-order valence-electron chi connectivity index (χ2n) is 6.73. The molecule has 4 heterocycles. The van der Waals surface area contributed by atoms with Crippen molar-refractivity contribution in [2.45, 2.75) is 38.0 Å². The molecule has 0 N–H and O–H groups in total. The maximum Gasteiger partial charge on any atom is 0.261 e. The number of carbonyl (C=O) groups is 1. The number of fused-ring (bicyclic) bond motifs is 1. The Labute approximate surface area is 143 Å². The van der Waals surface area contributed by atoms with Gasteiger partial charge in [-0.3, -0.25) is 9.20 Å². The van der Waals surface area contributed by atoms with E-state index in [0.29, 0.717) is 23.3 Å². The molecule has 25 heavy (non-hydrogen) atoms. The van der Waals surface area contributed by atoms with Crippen LogP contribution in [0.4, 0.5) is 0 Å². The lowest BCUT2D eigenvalue weighted by molar-refractivity contribution is -0.129. The fourth-order valence-corrected chi connectivity index (χ4v) is 3.32. The van der Waals surface area contributed by atoms with Crippen molar-refractivity contribution in [3.63, 3.8) is 0 Å². The quantitative estimate of drug-likeness (QED) is 0.721. The van der Waals surface area contributed by atoms with Gasteiger partial charge in [0, 0.05) is 25.2 Å². The molecule has 128 valence electrons. The molecular formula is C17H18N6O2. The van der Waals surface area contributed by atoms with Crippen molar-refractivity contribution in [3.8, 4) is 11.5 Å². The van der Waals surface area contributed by atoms with Crippen LogP contribution in [0.2, 0.25) is 0 Å². The molecule has 1 aliphatic carbocycles. The van der Waals surface area contributed by atoms with Crippen molar-refractivity contribution in [3.05, 3.63) is 30.0 Å². The highest BCUT2D eigenvalue weighted by Crippen LogP contribution is 2.39. The smallest absolute Gasteiger partial charge is 0.261 e. The van der Waals surface area contributed by atoms with E-state index in [2.05, 4.69) is 20.3 Å². The summed E-state index contributed by atoms with van der Waals surface area (Å²) in [6.07, 6.45) is 6.52. The van der Waals surface area contributed by atoms with Gasteiger partial charge in [0.2, 0.25) is 5.91 Å². The molecule has 0 aromatic carbocycles. The molecule has 0 bridgehead atoms. The standard InChI is InChI=1S/C17H18N6O2/c24-14(22-7-1-2-8-22)10-13-19-20-16-12(4-3-9-23(13)16)17-18-15(21-25-17)11-5-6-11/h3-4,9,11H,1-2,5-8,10H2. The van der Waals surface area contributed by atoms with Crippen LogP contribution in [0.1, 0.15) is 43.3 Å². The third-order valence-corrected chi connectivity index (χ3v) is 4.89. The van der Waals surface area contributed by atoms with Crippen LogP contribution in [-0.4, -0.2) is 48.6 Å². The minimum atomic E-state index is 0.103. The second-order valence-corrected chi connectivity index (χ2v) is 6.73. The van der Waals surface area contributed by atoms with Gasteiger partial charge in [-0.15, -0.1) is 10.2 Å². The number of hydrogen-bond donors (Lipinski definition) is 0. The Bertz CT molecular complexity index is 936. The van der Waals surface area contributed by atoms with Crippen molar-refractivity contribution in [1.82, 2.24) is 29.6 Å². The zero-order valence-electron chi connectivity index (χ0n) is 13.8. The lowest BCUT2D eigenvalue weighted by Crippen LogP contribution is -2.29. The first kappa shape index (κ1) is 14.6. The fraction of sp³-hybridized carbons (Fsp3) is 0.471. The van der Waals surface area contributed by atoms with E-state index < -0.39 is 0 Å². The minimum absolute atomic E-state index is 0.103. The van der Waals surface area contributed by atoms with Gasteiger partial charge in [-0.05, 0) is 37.8 Å². The highest BCUT2D eigenvalue weighted by Gasteiger charge is 2.29. The van der Waals surface area contributed by atoms with E-state index in [0.717, 1.165) is 50.2 Å². The molecule has 5 rings (SSSR count). The average Bonchev–Trinajstić information content (AvgIpc) is 3.08. The third-order valence-electron chi connectivity index (χ3n) is 4.89. The third kappa shape index (κ3) is 2.57.